The normalized spacial score (nSPS) is 15.9. The van der Waals surface area contributed by atoms with E-state index in [-0.39, 0.29) is 11.9 Å². The number of thioether (sulfide) groups is 1. The molecule has 0 saturated carbocycles. The minimum absolute atomic E-state index is 0.209. The van der Waals surface area contributed by atoms with Crippen LogP contribution in [0.3, 0.4) is 0 Å². The first-order chi connectivity index (χ1) is 9.69. The zero-order chi connectivity index (χ0) is 14.1. The van der Waals surface area contributed by atoms with Crippen molar-refractivity contribution in [3.8, 4) is 0 Å². The van der Waals surface area contributed by atoms with E-state index in [1.54, 1.807) is 17.4 Å². The summed E-state index contributed by atoms with van der Waals surface area (Å²) in [5.41, 5.74) is 5.82. The Bertz CT molecular complexity index is 601. The van der Waals surface area contributed by atoms with Crippen molar-refractivity contribution in [3.05, 3.63) is 56.5 Å². The first kappa shape index (κ1) is 14.1. The zero-order valence-corrected chi connectivity index (χ0v) is 12.9. The SMILES string of the molecule is Cc1ccc(F)c(C(NN)c2cc3c(s2)CCSC3)c1. The molecule has 2 aromatic rings. The van der Waals surface area contributed by atoms with E-state index >= 15 is 0 Å². The van der Waals surface area contributed by atoms with Crippen molar-refractivity contribution in [2.24, 2.45) is 5.84 Å². The van der Waals surface area contributed by atoms with Gasteiger partial charge in [-0.1, -0.05) is 17.7 Å². The lowest BCUT2D eigenvalue weighted by Gasteiger charge is -2.16. The van der Waals surface area contributed by atoms with Crippen LogP contribution in [0, 0.1) is 12.7 Å². The number of rotatable bonds is 3. The third kappa shape index (κ3) is 2.63. The van der Waals surface area contributed by atoms with E-state index in [0.29, 0.717) is 5.56 Å². The number of hydrazine groups is 1. The molecule has 1 aliphatic rings. The maximum atomic E-state index is 14.1. The molecule has 0 amide bonds. The van der Waals surface area contributed by atoms with E-state index in [2.05, 4.69) is 11.5 Å². The average molecular weight is 308 g/mol. The Morgan fingerprint density at radius 2 is 2.20 bits per heavy atom. The summed E-state index contributed by atoms with van der Waals surface area (Å²) in [5.74, 6) is 7.72. The second kappa shape index (κ2) is 5.85. The molecule has 20 heavy (non-hydrogen) atoms. The van der Waals surface area contributed by atoms with Gasteiger partial charge < -0.3 is 0 Å². The van der Waals surface area contributed by atoms with E-state index < -0.39 is 0 Å². The van der Waals surface area contributed by atoms with Crippen LogP contribution in [0.1, 0.15) is 32.5 Å². The second-order valence-electron chi connectivity index (χ2n) is 5.02. The Hall–Kier alpha value is -0.880. The maximum absolute atomic E-state index is 14.1. The van der Waals surface area contributed by atoms with Crippen LogP contribution < -0.4 is 11.3 Å². The number of aryl methyl sites for hydroxylation is 2. The molecule has 1 atom stereocenters. The van der Waals surface area contributed by atoms with E-state index in [0.717, 1.165) is 22.6 Å². The minimum atomic E-state index is -0.268. The molecular weight excluding hydrogens is 291 g/mol. The summed E-state index contributed by atoms with van der Waals surface area (Å²) >= 11 is 3.71. The standard InChI is InChI=1S/C15H17FN2S2/c1-9-2-3-12(16)11(6-9)15(18-17)14-7-10-8-19-5-4-13(10)20-14/h2-3,6-7,15,18H,4-5,8,17H2,1H3. The van der Waals surface area contributed by atoms with Crippen molar-refractivity contribution in [3.63, 3.8) is 0 Å². The highest BCUT2D eigenvalue weighted by Gasteiger charge is 2.22. The molecule has 0 bridgehead atoms. The van der Waals surface area contributed by atoms with Gasteiger partial charge in [0.1, 0.15) is 5.82 Å². The lowest BCUT2D eigenvalue weighted by molar-refractivity contribution is 0.563. The molecule has 0 fully saturated rings. The van der Waals surface area contributed by atoms with Crippen LogP contribution in [0.4, 0.5) is 4.39 Å². The summed E-state index contributed by atoms with van der Waals surface area (Å²) in [6, 6.07) is 7.07. The summed E-state index contributed by atoms with van der Waals surface area (Å²) in [4.78, 5) is 2.52. The topological polar surface area (TPSA) is 38.0 Å². The van der Waals surface area contributed by atoms with Gasteiger partial charge in [-0.15, -0.1) is 11.3 Å². The molecule has 2 nitrogen and oxygen atoms in total. The second-order valence-corrected chi connectivity index (χ2v) is 7.30. The fourth-order valence-electron chi connectivity index (χ4n) is 2.52. The molecule has 0 radical (unpaired) electrons. The van der Waals surface area contributed by atoms with Gasteiger partial charge in [0, 0.05) is 21.1 Å². The predicted octanol–water partition coefficient (Wildman–Crippen LogP) is 3.54. The summed E-state index contributed by atoms with van der Waals surface area (Å²) in [6.07, 6.45) is 1.11. The first-order valence-electron chi connectivity index (χ1n) is 6.60. The molecule has 3 N–H and O–H groups in total. The Morgan fingerprint density at radius 3 is 2.95 bits per heavy atom. The molecule has 5 heteroatoms. The number of fused-ring (bicyclic) bond motifs is 1. The number of halogens is 1. The molecule has 0 aliphatic carbocycles. The predicted molar refractivity (Wildman–Crippen MR) is 84.5 cm³/mol. The van der Waals surface area contributed by atoms with Crippen molar-refractivity contribution >= 4 is 23.1 Å². The van der Waals surface area contributed by atoms with Gasteiger partial charge in [-0.2, -0.15) is 11.8 Å². The van der Waals surface area contributed by atoms with E-state index in [9.17, 15) is 4.39 Å². The molecular formula is C15H17FN2S2. The van der Waals surface area contributed by atoms with Crippen molar-refractivity contribution < 1.29 is 4.39 Å². The van der Waals surface area contributed by atoms with Crippen LogP contribution in [0.5, 0.6) is 0 Å². The van der Waals surface area contributed by atoms with Crippen LogP contribution in [0.15, 0.2) is 24.3 Å². The molecule has 0 spiro atoms. The number of thiophene rings is 1. The number of benzene rings is 1. The molecule has 1 unspecified atom stereocenters. The monoisotopic (exact) mass is 308 g/mol. The minimum Gasteiger partial charge on any atom is -0.271 e. The van der Waals surface area contributed by atoms with E-state index in [4.69, 9.17) is 5.84 Å². The van der Waals surface area contributed by atoms with Gasteiger partial charge in [-0.3, -0.25) is 5.84 Å². The fraction of sp³-hybridized carbons (Fsp3) is 0.333. The van der Waals surface area contributed by atoms with Gasteiger partial charge in [0.15, 0.2) is 0 Å². The molecule has 1 aromatic carbocycles. The lowest BCUT2D eigenvalue weighted by Crippen LogP contribution is -2.29. The number of hydrogen-bond acceptors (Lipinski definition) is 4. The summed E-state index contributed by atoms with van der Waals surface area (Å²) in [6.45, 7) is 1.96. The van der Waals surface area contributed by atoms with Gasteiger partial charge in [-0.25, -0.2) is 9.82 Å². The quantitative estimate of drug-likeness (QED) is 0.673. The molecule has 0 saturated heterocycles. The highest BCUT2D eigenvalue weighted by Crippen LogP contribution is 2.36. The highest BCUT2D eigenvalue weighted by atomic mass is 32.2. The first-order valence-corrected chi connectivity index (χ1v) is 8.57. The highest BCUT2D eigenvalue weighted by molar-refractivity contribution is 7.98. The Kier molecular flexibility index (Phi) is 4.12. The average Bonchev–Trinajstić information content (AvgIpc) is 2.87. The molecule has 2 heterocycles. The Balaban J connectivity index is 2.01. The molecule has 1 aromatic heterocycles. The largest absolute Gasteiger partial charge is 0.271 e. The van der Waals surface area contributed by atoms with Crippen molar-refractivity contribution in [2.45, 2.75) is 25.1 Å². The third-order valence-corrected chi connectivity index (χ3v) is 5.87. The fourth-order valence-corrected chi connectivity index (χ4v) is 4.98. The number of nitrogens with one attached hydrogen (secondary N) is 1. The van der Waals surface area contributed by atoms with Crippen molar-refractivity contribution in [1.82, 2.24) is 5.43 Å². The number of nitrogens with two attached hydrogens (primary N) is 1. The van der Waals surface area contributed by atoms with Gasteiger partial charge in [0.2, 0.25) is 0 Å². The van der Waals surface area contributed by atoms with Crippen LogP contribution in [-0.2, 0) is 12.2 Å². The Morgan fingerprint density at radius 1 is 1.35 bits per heavy atom. The van der Waals surface area contributed by atoms with Gasteiger partial charge in [0.05, 0.1) is 6.04 Å². The summed E-state index contributed by atoms with van der Waals surface area (Å²) < 4.78 is 14.1. The van der Waals surface area contributed by atoms with E-state index in [1.165, 1.54) is 22.3 Å². The van der Waals surface area contributed by atoms with Gasteiger partial charge >= 0.3 is 0 Å². The van der Waals surface area contributed by atoms with Crippen LogP contribution in [0.25, 0.3) is 0 Å². The Labute approximate surface area is 126 Å². The van der Waals surface area contributed by atoms with Gasteiger partial charge in [0.25, 0.3) is 0 Å². The van der Waals surface area contributed by atoms with Gasteiger partial charge in [-0.05, 0) is 36.8 Å². The van der Waals surface area contributed by atoms with Crippen molar-refractivity contribution in [2.75, 3.05) is 5.75 Å². The van der Waals surface area contributed by atoms with Crippen LogP contribution in [0.2, 0.25) is 0 Å². The zero-order valence-electron chi connectivity index (χ0n) is 11.3. The smallest absolute Gasteiger partial charge is 0.128 e. The summed E-state index contributed by atoms with van der Waals surface area (Å²) in [7, 11) is 0. The van der Waals surface area contributed by atoms with Crippen molar-refractivity contribution in [1.29, 1.82) is 0 Å². The number of hydrogen-bond donors (Lipinski definition) is 2. The molecule has 1 aliphatic heterocycles. The van der Waals surface area contributed by atoms with Crippen LogP contribution in [-0.4, -0.2) is 5.75 Å². The lowest BCUT2D eigenvalue weighted by atomic mass is 10.0. The van der Waals surface area contributed by atoms with Crippen LogP contribution >= 0.6 is 23.1 Å². The maximum Gasteiger partial charge on any atom is 0.128 e. The third-order valence-electron chi connectivity index (χ3n) is 3.56. The summed E-state index contributed by atoms with van der Waals surface area (Å²) in [5, 5.41) is 0. The molecule has 3 rings (SSSR count). The van der Waals surface area contributed by atoms with E-state index in [1.807, 2.05) is 24.8 Å². The molecule has 106 valence electrons.